The molecule has 0 atom stereocenters. The van der Waals surface area contributed by atoms with Crippen LogP contribution in [0, 0.1) is 0 Å². The summed E-state index contributed by atoms with van der Waals surface area (Å²) in [4.78, 5) is 13.9. The Morgan fingerprint density at radius 1 is 1.39 bits per heavy atom. The van der Waals surface area contributed by atoms with Gasteiger partial charge in [-0.05, 0) is 36.9 Å². The van der Waals surface area contributed by atoms with E-state index in [9.17, 15) is 4.79 Å². The van der Waals surface area contributed by atoms with Gasteiger partial charge in [0.2, 0.25) is 0 Å². The van der Waals surface area contributed by atoms with Gasteiger partial charge in [-0.15, -0.1) is 11.3 Å². The molecule has 18 heavy (non-hydrogen) atoms. The third-order valence-electron chi connectivity index (χ3n) is 3.81. The van der Waals surface area contributed by atoms with Crippen molar-refractivity contribution in [2.75, 3.05) is 7.05 Å². The number of hydrogen-bond donors (Lipinski definition) is 1. The molecule has 3 nitrogen and oxygen atoms in total. The fourth-order valence-electron chi connectivity index (χ4n) is 2.74. The minimum atomic E-state index is -0.797. The summed E-state index contributed by atoms with van der Waals surface area (Å²) in [5.41, 5.74) is 0.958. The second-order valence-electron chi connectivity index (χ2n) is 5.14. The zero-order valence-electron chi connectivity index (χ0n) is 10.9. The lowest BCUT2D eigenvalue weighted by Gasteiger charge is -2.26. The first-order valence-corrected chi connectivity index (χ1v) is 7.56. The van der Waals surface area contributed by atoms with Crippen LogP contribution in [0.4, 0.5) is 0 Å². The van der Waals surface area contributed by atoms with Gasteiger partial charge in [0.25, 0.3) is 0 Å². The van der Waals surface area contributed by atoms with E-state index in [1.165, 1.54) is 49.9 Å². The second-order valence-corrected chi connectivity index (χ2v) is 6.06. The van der Waals surface area contributed by atoms with Crippen molar-refractivity contribution in [2.24, 2.45) is 0 Å². The first-order chi connectivity index (χ1) is 8.68. The normalized spacial score (nSPS) is 17.9. The van der Waals surface area contributed by atoms with Gasteiger partial charge in [-0.25, -0.2) is 4.79 Å². The summed E-state index contributed by atoms with van der Waals surface area (Å²) in [5.74, 6) is -0.797. The van der Waals surface area contributed by atoms with Gasteiger partial charge in [-0.1, -0.05) is 25.7 Å². The number of thiophene rings is 1. The standard InChI is InChI=1S/C14H21NO2S/c1-15(12-6-4-2-3-5-7-12)10-11-8-9-18-13(11)14(16)17/h8-9,12H,2-7,10H2,1H3,(H,16,17). The molecule has 1 heterocycles. The minimum absolute atomic E-state index is 0.496. The van der Waals surface area contributed by atoms with Crippen molar-refractivity contribution >= 4 is 17.3 Å². The van der Waals surface area contributed by atoms with E-state index < -0.39 is 5.97 Å². The number of nitrogens with zero attached hydrogens (tertiary/aromatic N) is 1. The Balaban J connectivity index is 1.99. The summed E-state index contributed by atoms with van der Waals surface area (Å²) >= 11 is 1.32. The summed E-state index contributed by atoms with van der Waals surface area (Å²) in [6.45, 7) is 0.760. The van der Waals surface area contributed by atoms with Crippen LogP contribution in [0.1, 0.15) is 53.8 Å². The van der Waals surface area contributed by atoms with E-state index >= 15 is 0 Å². The molecular weight excluding hydrogens is 246 g/mol. The highest BCUT2D eigenvalue weighted by Gasteiger charge is 2.19. The summed E-state index contributed by atoms with van der Waals surface area (Å²) in [7, 11) is 2.12. The molecule has 100 valence electrons. The van der Waals surface area contributed by atoms with Gasteiger partial charge in [0.15, 0.2) is 0 Å². The van der Waals surface area contributed by atoms with Gasteiger partial charge < -0.3 is 5.11 Å². The van der Waals surface area contributed by atoms with E-state index in [1.807, 2.05) is 11.4 Å². The molecule has 1 N–H and O–H groups in total. The predicted octanol–water partition coefficient (Wildman–Crippen LogP) is 3.60. The van der Waals surface area contributed by atoms with E-state index in [-0.39, 0.29) is 0 Å². The lowest BCUT2D eigenvalue weighted by atomic mass is 10.1. The van der Waals surface area contributed by atoms with E-state index in [4.69, 9.17) is 5.11 Å². The number of hydrogen-bond acceptors (Lipinski definition) is 3. The molecule has 0 radical (unpaired) electrons. The number of carbonyl (C=O) groups is 1. The van der Waals surface area contributed by atoms with E-state index in [0.717, 1.165) is 12.1 Å². The van der Waals surface area contributed by atoms with E-state index in [1.54, 1.807) is 0 Å². The first kappa shape index (κ1) is 13.6. The van der Waals surface area contributed by atoms with Crippen LogP contribution in [-0.2, 0) is 6.54 Å². The van der Waals surface area contributed by atoms with Gasteiger partial charge in [0.1, 0.15) is 4.88 Å². The maximum atomic E-state index is 11.1. The van der Waals surface area contributed by atoms with Gasteiger partial charge in [0, 0.05) is 12.6 Å². The fraction of sp³-hybridized carbons (Fsp3) is 0.643. The quantitative estimate of drug-likeness (QED) is 0.847. The van der Waals surface area contributed by atoms with Crippen LogP contribution in [0.25, 0.3) is 0 Å². The Kier molecular flexibility index (Phi) is 4.78. The van der Waals surface area contributed by atoms with Crippen LogP contribution >= 0.6 is 11.3 Å². The molecule has 0 bridgehead atoms. The average Bonchev–Trinajstić information content (AvgIpc) is 2.63. The van der Waals surface area contributed by atoms with E-state index in [0.29, 0.717) is 10.9 Å². The SMILES string of the molecule is CN(Cc1ccsc1C(=O)O)C1CCCCCC1. The summed E-state index contributed by atoms with van der Waals surface area (Å²) in [6, 6.07) is 2.57. The Bertz CT molecular complexity index is 394. The highest BCUT2D eigenvalue weighted by Crippen LogP contribution is 2.24. The van der Waals surface area contributed by atoms with Crippen LogP contribution in [0.15, 0.2) is 11.4 Å². The van der Waals surface area contributed by atoms with Gasteiger partial charge in [-0.3, -0.25) is 4.90 Å². The maximum absolute atomic E-state index is 11.1. The topological polar surface area (TPSA) is 40.5 Å². The predicted molar refractivity (Wildman–Crippen MR) is 74.2 cm³/mol. The Morgan fingerprint density at radius 3 is 2.67 bits per heavy atom. The van der Waals surface area contributed by atoms with Gasteiger partial charge in [0.05, 0.1) is 0 Å². The third kappa shape index (κ3) is 3.33. The second kappa shape index (κ2) is 6.34. The summed E-state index contributed by atoms with van der Waals surface area (Å²) in [6.07, 6.45) is 7.83. The van der Waals surface area contributed by atoms with E-state index in [2.05, 4.69) is 11.9 Å². The Hall–Kier alpha value is -0.870. The van der Waals surface area contributed by atoms with Gasteiger partial charge in [-0.2, -0.15) is 0 Å². The third-order valence-corrected chi connectivity index (χ3v) is 4.75. The van der Waals surface area contributed by atoms with Gasteiger partial charge >= 0.3 is 5.97 Å². The Morgan fingerprint density at radius 2 is 2.06 bits per heavy atom. The molecule has 0 spiro atoms. The molecule has 0 amide bonds. The zero-order valence-corrected chi connectivity index (χ0v) is 11.7. The largest absolute Gasteiger partial charge is 0.477 e. The molecule has 0 aliphatic heterocycles. The minimum Gasteiger partial charge on any atom is -0.477 e. The smallest absolute Gasteiger partial charge is 0.346 e. The van der Waals surface area contributed by atoms with Crippen molar-refractivity contribution in [2.45, 2.75) is 51.1 Å². The lowest BCUT2D eigenvalue weighted by Crippen LogP contribution is -2.31. The summed E-state index contributed by atoms with van der Waals surface area (Å²) in [5, 5.41) is 11.0. The molecule has 1 fully saturated rings. The first-order valence-electron chi connectivity index (χ1n) is 6.68. The molecule has 4 heteroatoms. The lowest BCUT2D eigenvalue weighted by molar-refractivity contribution is 0.0699. The van der Waals surface area contributed by atoms with Crippen molar-refractivity contribution < 1.29 is 9.90 Å². The van der Waals surface area contributed by atoms with Crippen LogP contribution in [0.5, 0.6) is 0 Å². The maximum Gasteiger partial charge on any atom is 0.346 e. The van der Waals surface area contributed by atoms with Crippen LogP contribution in [0.3, 0.4) is 0 Å². The number of rotatable bonds is 4. The molecule has 1 aromatic heterocycles. The highest BCUT2D eigenvalue weighted by atomic mass is 32.1. The Labute approximate surface area is 112 Å². The van der Waals surface area contributed by atoms with Crippen molar-refractivity contribution in [3.05, 3.63) is 21.9 Å². The van der Waals surface area contributed by atoms with Crippen molar-refractivity contribution in [1.29, 1.82) is 0 Å². The summed E-state index contributed by atoms with van der Waals surface area (Å²) < 4.78 is 0. The molecule has 0 saturated heterocycles. The monoisotopic (exact) mass is 267 g/mol. The molecular formula is C14H21NO2S. The van der Waals surface area contributed by atoms with Crippen LogP contribution < -0.4 is 0 Å². The molecule has 1 saturated carbocycles. The molecule has 0 unspecified atom stereocenters. The molecule has 1 aliphatic carbocycles. The zero-order chi connectivity index (χ0) is 13.0. The number of carboxylic acid groups (broad SMARTS) is 1. The highest BCUT2D eigenvalue weighted by molar-refractivity contribution is 7.12. The molecule has 0 aromatic carbocycles. The molecule has 2 rings (SSSR count). The molecule has 1 aromatic rings. The number of aromatic carboxylic acids is 1. The molecule has 1 aliphatic rings. The van der Waals surface area contributed by atoms with Crippen LogP contribution in [-0.4, -0.2) is 29.1 Å². The number of carboxylic acids is 1. The van der Waals surface area contributed by atoms with Crippen molar-refractivity contribution in [1.82, 2.24) is 4.90 Å². The average molecular weight is 267 g/mol. The van der Waals surface area contributed by atoms with Crippen LogP contribution in [0.2, 0.25) is 0 Å². The van der Waals surface area contributed by atoms with Crippen molar-refractivity contribution in [3.63, 3.8) is 0 Å². The fourth-order valence-corrected chi connectivity index (χ4v) is 3.50. The van der Waals surface area contributed by atoms with Crippen molar-refractivity contribution in [3.8, 4) is 0 Å².